The van der Waals surface area contributed by atoms with Crippen LogP contribution in [0.5, 0.6) is 0 Å². The van der Waals surface area contributed by atoms with Crippen LogP contribution in [0.25, 0.3) is 0 Å². The van der Waals surface area contributed by atoms with Gasteiger partial charge in [0.1, 0.15) is 0 Å². The van der Waals surface area contributed by atoms with Crippen LogP contribution in [-0.2, 0) is 14.3 Å². The predicted molar refractivity (Wildman–Crippen MR) is 90.3 cm³/mol. The third kappa shape index (κ3) is 4.94. The molecule has 0 radical (unpaired) electrons. The first-order valence-electron chi connectivity index (χ1n) is 9.75. The smallest absolute Gasteiger partial charge is 0.426 e. The maximum Gasteiger partial charge on any atom is 0.434 e. The van der Waals surface area contributed by atoms with E-state index in [9.17, 15) is 35.9 Å². The van der Waals surface area contributed by atoms with Crippen molar-refractivity contribution in [2.24, 2.45) is 11.3 Å². The fourth-order valence-electron chi connectivity index (χ4n) is 4.23. The molecule has 2 amide bonds. The van der Waals surface area contributed by atoms with Gasteiger partial charge in [0.2, 0.25) is 5.91 Å². The zero-order chi connectivity index (χ0) is 22.4. The molecule has 30 heavy (non-hydrogen) atoms. The molecule has 172 valence electrons. The number of nitrogens with one attached hydrogen (secondary N) is 1. The number of rotatable bonds is 3. The van der Waals surface area contributed by atoms with E-state index in [4.69, 9.17) is 4.74 Å². The lowest BCUT2D eigenvalue weighted by molar-refractivity contribution is -0.308. The van der Waals surface area contributed by atoms with Gasteiger partial charge in [-0.25, -0.2) is 4.79 Å². The van der Waals surface area contributed by atoms with Crippen LogP contribution in [0.2, 0.25) is 0 Å². The van der Waals surface area contributed by atoms with Gasteiger partial charge in [-0.05, 0) is 44.4 Å². The molecule has 1 aliphatic carbocycles. The minimum absolute atomic E-state index is 0.0594. The van der Waals surface area contributed by atoms with Gasteiger partial charge in [0.05, 0.1) is 0 Å². The third-order valence-corrected chi connectivity index (χ3v) is 6.36. The summed E-state index contributed by atoms with van der Waals surface area (Å²) in [5.74, 6) is -0.377. The highest BCUT2D eigenvalue weighted by atomic mass is 19.4. The van der Waals surface area contributed by atoms with Crippen molar-refractivity contribution in [1.29, 1.82) is 0 Å². The second-order valence-electron chi connectivity index (χ2n) is 8.62. The maximum atomic E-state index is 12.6. The number of piperidine rings is 1. The fourth-order valence-corrected chi connectivity index (χ4v) is 4.23. The second kappa shape index (κ2) is 7.76. The molecule has 6 nitrogen and oxygen atoms in total. The van der Waals surface area contributed by atoms with Crippen molar-refractivity contribution in [3.63, 3.8) is 0 Å². The summed E-state index contributed by atoms with van der Waals surface area (Å²) >= 11 is 0. The van der Waals surface area contributed by atoms with E-state index in [0.717, 1.165) is 4.90 Å². The van der Waals surface area contributed by atoms with Crippen molar-refractivity contribution in [1.82, 2.24) is 10.2 Å². The lowest BCUT2D eigenvalue weighted by atomic mass is 9.89. The van der Waals surface area contributed by atoms with E-state index in [1.54, 1.807) is 0 Å². The van der Waals surface area contributed by atoms with Gasteiger partial charge in [-0.1, -0.05) is 0 Å². The van der Waals surface area contributed by atoms with Gasteiger partial charge in [0, 0.05) is 37.8 Å². The van der Waals surface area contributed by atoms with E-state index in [-0.39, 0.29) is 35.9 Å². The molecular weight excluding hydrogens is 422 g/mol. The molecule has 3 aliphatic rings. The molecule has 3 fully saturated rings. The summed E-state index contributed by atoms with van der Waals surface area (Å²) < 4.78 is 84.5. The van der Waals surface area contributed by atoms with Crippen molar-refractivity contribution >= 4 is 12.0 Å². The number of ether oxygens (including phenoxy) is 2. The molecule has 0 bridgehead atoms. The Morgan fingerprint density at radius 3 is 2.07 bits per heavy atom. The largest absolute Gasteiger partial charge is 0.434 e. The van der Waals surface area contributed by atoms with Crippen molar-refractivity contribution in [2.45, 2.75) is 63.0 Å². The van der Waals surface area contributed by atoms with Gasteiger partial charge in [0.15, 0.2) is 0 Å². The standard InChI is InChI=1S/C18H24F6N2O4/c1-15(4-8-29-9-5-15)25-12(27)11-10-16(11)2-6-26(7-3-16)14(28)30-13(17(19,20)21)18(22,23)24/h11,13H,2-10H2,1H3,(H,25,27). The quantitative estimate of drug-likeness (QED) is 0.675. The first-order chi connectivity index (χ1) is 13.8. The van der Waals surface area contributed by atoms with Gasteiger partial charge < -0.3 is 19.7 Å². The highest BCUT2D eigenvalue weighted by Crippen LogP contribution is 2.59. The van der Waals surface area contributed by atoms with Crippen LogP contribution < -0.4 is 5.32 Å². The van der Waals surface area contributed by atoms with E-state index in [1.807, 2.05) is 6.92 Å². The molecule has 0 aromatic rings. The van der Waals surface area contributed by atoms with Gasteiger partial charge in [-0.3, -0.25) is 4.79 Å². The molecule has 1 atom stereocenters. The molecule has 12 heteroatoms. The number of nitrogens with zero attached hydrogens (tertiary/aromatic N) is 1. The van der Waals surface area contributed by atoms with Gasteiger partial charge in [-0.2, -0.15) is 26.3 Å². The summed E-state index contributed by atoms with van der Waals surface area (Å²) in [6, 6.07) is 0. The van der Waals surface area contributed by atoms with E-state index in [0.29, 0.717) is 45.3 Å². The van der Waals surface area contributed by atoms with Crippen LogP contribution in [0, 0.1) is 11.3 Å². The highest BCUT2D eigenvalue weighted by Gasteiger charge is 2.62. The van der Waals surface area contributed by atoms with Gasteiger partial charge >= 0.3 is 18.4 Å². The fraction of sp³-hybridized carbons (Fsp3) is 0.889. The molecule has 1 saturated carbocycles. The number of carbonyl (C=O) groups is 2. The Bertz CT molecular complexity index is 653. The lowest BCUT2D eigenvalue weighted by Crippen LogP contribution is -2.51. The molecule has 2 aliphatic heterocycles. The summed E-state index contributed by atoms with van der Waals surface area (Å²) in [5, 5.41) is 3.05. The van der Waals surface area contributed by atoms with Crippen LogP contribution in [0.4, 0.5) is 31.1 Å². The average Bonchev–Trinajstić information content (AvgIpc) is 3.32. The van der Waals surface area contributed by atoms with Crippen LogP contribution in [0.15, 0.2) is 0 Å². The van der Waals surface area contributed by atoms with Gasteiger partial charge in [-0.15, -0.1) is 0 Å². The predicted octanol–water partition coefficient (Wildman–Crippen LogP) is 3.40. The zero-order valence-electron chi connectivity index (χ0n) is 16.4. The Morgan fingerprint density at radius 1 is 1.03 bits per heavy atom. The lowest BCUT2D eigenvalue weighted by Gasteiger charge is -2.36. The van der Waals surface area contributed by atoms with Crippen molar-refractivity contribution in [3.8, 4) is 0 Å². The number of likely N-dealkylation sites (tertiary alicyclic amines) is 1. The van der Waals surface area contributed by atoms with E-state index >= 15 is 0 Å². The summed E-state index contributed by atoms with van der Waals surface area (Å²) in [7, 11) is 0. The van der Waals surface area contributed by atoms with Gasteiger partial charge in [0.25, 0.3) is 6.10 Å². The molecule has 1 unspecified atom stereocenters. The number of carbonyl (C=O) groups excluding carboxylic acids is 2. The van der Waals surface area contributed by atoms with Crippen molar-refractivity contribution in [2.75, 3.05) is 26.3 Å². The van der Waals surface area contributed by atoms with Crippen LogP contribution >= 0.6 is 0 Å². The summed E-state index contributed by atoms with van der Waals surface area (Å²) in [6.07, 6.45) is -14.7. The minimum Gasteiger partial charge on any atom is -0.426 e. The number of alkyl halides is 6. The van der Waals surface area contributed by atoms with E-state index in [2.05, 4.69) is 10.1 Å². The number of hydrogen-bond donors (Lipinski definition) is 1. The van der Waals surface area contributed by atoms with Crippen LogP contribution in [-0.4, -0.2) is 67.2 Å². The number of amides is 2. The third-order valence-electron chi connectivity index (χ3n) is 6.36. The zero-order valence-corrected chi connectivity index (χ0v) is 16.4. The molecule has 0 aromatic heterocycles. The topological polar surface area (TPSA) is 67.9 Å². The average molecular weight is 446 g/mol. The second-order valence-corrected chi connectivity index (χ2v) is 8.62. The number of hydrogen-bond acceptors (Lipinski definition) is 4. The Balaban J connectivity index is 1.51. The monoisotopic (exact) mass is 446 g/mol. The number of halogens is 6. The molecule has 2 saturated heterocycles. The molecule has 0 aromatic carbocycles. The first kappa shape index (κ1) is 23.0. The summed E-state index contributed by atoms with van der Waals surface area (Å²) in [4.78, 5) is 25.3. The van der Waals surface area contributed by atoms with Crippen molar-refractivity contribution in [3.05, 3.63) is 0 Å². The molecule has 3 rings (SSSR count). The normalized spacial score (nSPS) is 25.9. The minimum atomic E-state index is -5.75. The van der Waals surface area contributed by atoms with Crippen molar-refractivity contribution < 1.29 is 45.4 Å². The Hall–Kier alpha value is -1.72. The molecular formula is C18H24F6N2O4. The molecule has 1 spiro atoms. The SMILES string of the molecule is CC1(NC(=O)C2CC23CCN(C(=O)OC(C(F)(F)F)C(F)(F)F)CC3)CCOCC1. The summed E-state index contributed by atoms with van der Waals surface area (Å²) in [6.45, 7) is 2.94. The first-order valence-corrected chi connectivity index (χ1v) is 9.75. The van der Waals surface area contributed by atoms with Crippen LogP contribution in [0.1, 0.15) is 39.0 Å². The Labute approximate surface area is 169 Å². The highest BCUT2D eigenvalue weighted by molar-refractivity contribution is 5.83. The maximum absolute atomic E-state index is 12.6. The van der Waals surface area contributed by atoms with Crippen LogP contribution in [0.3, 0.4) is 0 Å². The molecule has 2 heterocycles. The summed E-state index contributed by atoms with van der Waals surface area (Å²) in [5.41, 5.74) is -0.719. The van der Waals surface area contributed by atoms with E-state index in [1.165, 1.54) is 0 Å². The Kier molecular flexibility index (Phi) is 5.94. The Morgan fingerprint density at radius 2 is 1.57 bits per heavy atom. The molecule has 1 N–H and O–H groups in total. The van der Waals surface area contributed by atoms with E-state index < -0.39 is 24.5 Å².